The van der Waals surface area contributed by atoms with E-state index in [2.05, 4.69) is 0 Å². The second-order valence-electron chi connectivity index (χ2n) is 7.22. The monoisotopic (exact) mass is 418 g/mol. The fourth-order valence-corrected chi connectivity index (χ4v) is 3.98. The Hall–Kier alpha value is -1.97. The number of aliphatic carboxylic acids is 1. The van der Waals surface area contributed by atoms with Gasteiger partial charge in [0.2, 0.25) is 0 Å². The van der Waals surface area contributed by atoms with Crippen LogP contribution in [0, 0.1) is 13.8 Å². The first kappa shape index (κ1) is 20.8. The summed E-state index contributed by atoms with van der Waals surface area (Å²) in [4.78, 5) is 10.8. The molecule has 0 saturated heterocycles. The number of rotatable bonds is 7. The van der Waals surface area contributed by atoms with Crippen molar-refractivity contribution in [1.29, 1.82) is 0 Å². The summed E-state index contributed by atoms with van der Waals surface area (Å²) < 4.78 is 6.15. The molecule has 0 fully saturated rings. The Morgan fingerprint density at radius 3 is 2.57 bits per heavy atom. The summed E-state index contributed by atoms with van der Waals surface area (Å²) in [6, 6.07) is 9.71. The summed E-state index contributed by atoms with van der Waals surface area (Å²) in [5.74, 6) is 0.0739. The minimum Gasteiger partial charge on any atom is -0.489 e. The fourth-order valence-electron chi connectivity index (χ4n) is 3.68. The van der Waals surface area contributed by atoms with Crippen LogP contribution in [0.15, 0.2) is 35.9 Å². The van der Waals surface area contributed by atoms with Gasteiger partial charge in [-0.3, -0.25) is 4.79 Å². The molecule has 0 radical (unpaired) electrons. The highest BCUT2D eigenvalue weighted by atomic mass is 35.5. The number of carboxylic acids is 1. The van der Waals surface area contributed by atoms with Crippen molar-refractivity contribution in [3.05, 3.63) is 68.2 Å². The molecule has 0 spiro atoms. The molecule has 1 N–H and O–H groups in total. The van der Waals surface area contributed by atoms with Gasteiger partial charge in [-0.1, -0.05) is 35.3 Å². The minimum absolute atomic E-state index is 0.139. The standard InChI is InChI=1S/C23H24Cl2O3/c1-14-15(2)22(10-7-16(14)8-11-23(26)27)28-13-18-4-3-5-19(18)17-6-9-20(24)21(25)12-17/h6-7,9-10,12H,3-5,8,11,13H2,1-2H3,(H,26,27). The topological polar surface area (TPSA) is 46.5 Å². The van der Waals surface area contributed by atoms with Crippen molar-refractivity contribution in [3.63, 3.8) is 0 Å². The van der Waals surface area contributed by atoms with E-state index in [0.29, 0.717) is 23.1 Å². The lowest BCUT2D eigenvalue weighted by atomic mass is 9.99. The molecule has 0 unspecified atom stereocenters. The van der Waals surface area contributed by atoms with Gasteiger partial charge in [-0.15, -0.1) is 0 Å². The first-order valence-corrected chi connectivity index (χ1v) is 10.2. The van der Waals surface area contributed by atoms with Gasteiger partial charge >= 0.3 is 5.97 Å². The SMILES string of the molecule is Cc1c(CCC(=O)O)ccc(OCC2=C(c3ccc(Cl)c(Cl)c3)CCC2)c1C. The third kappa shape index (κ3) is 4.71. The first-order chi connectivity index (χ1) is 13.4. The number of carbonyl (C=O) groups is 1. The molecule has 3 nitrogen and oxygen atoms in total. The van der Waals surface area contributed by atoms with Gasteiger partial charge in [0.25, 0.3) is 0 Å². The Kier molecular flexibility index (Phi) is 6.69. The van der Waals surface area contributed by atoms with Gasteiger partial charge in [0.05, 0.1) is 10.0 Å². The van der Waals surface area contributed by atoms with Gasteiger partial charge in [0.1, 0.15) is 12.4 Å². The largest absolute Gasteiger partial charge is 0.489 e. The normalized spacial score (nSPS) is 13.9. The van der Waals surface area contributed by atoms with Crippen LogP contribution < -0.4 is 4.74 Å². The molecule has 0 aromatic heterocycles. The van der Waals surface area contributed by atoms with Gasteiger partial charge < -0.3 is 9.84 Å². The number of ether oxygens (including phenoxy) is 1. The summed E-state index contributed by atoms with van der Waals surface area (Å²) in [6.45, 7) is 4.59. The van der Waals surface area contributed by atoms with Crippen LogP contribution in [0.1, 0.15) is 47.9 Å². The van der Waals surface area contributed by atoms with Gasteiger partial charge in [-0.05, 0) is 91.1 Å². The molecule has 0 bridgehead atoms. The second kappa shape index (κ2) is 9.02. The van der Waals surface area contributed by atoms with Crippen molar-refractivity contribution in [2.24, 2.45) is 0 Å². The molecular formula is C23H24Cl2O3. The number of carboxylic acid groups (broad SMARTS) is 1. The number of halogens is 2. The van der Waals surface area contributed by atoms with Crippen molar-refractivity contribution >= 4 is 34.7 Å². The Morgan fingerprint density at radius 2 is 1.86 bits per heavy atom. The average Bonchev–Trinajstić information content (AvgIpc) is 3.13. The fraction of sp³-hybridized carbons (Fsp3) is 0.348. The molecule has 148 valence electrons. The summed E-state index contributed by atoms with van der Waals surface area (Å²) >= 11 is 12.2. The molecule has 1 aliphatic carbocycles. The number of hydrogen-bond donors (Lipinski definition) is 1. The molecule has 0 atom stereocenters. The van der Waals surface area contributed by atoms with E-state index in [1.807, 2.05) is 44.2 Å². The van der Waals surface area contributed by atoms with E-state index in [9.17, 15) is 4.79 Å². The van der Waals surface area contributed by atoms with Gasteiger partial charge in [-0.2, -0.15) is 0 Å². The van der Waals surface area contributed by atoms with Crippen molar-refractivity contribution in [3.8, 4) is 5.75 Å². The average molecular weight is 419 g/mol. The highest BCUT2D eigenvalue weighted by molar-refractivity contribution is 6.42. The molecule has 5 heteroatoms. The van der Waals surface area contributed by atoms with Crippen LogP contribution >= 0.6 is 23.2 Å². The highest BCUT2D eigenvalue weighted by Crippen LogP contribution is 2.37. The number of benzene rings is 2. The van der Waals surface area contributed by atoms with Crippen molar-refractivity contribution in [2.45, 2.75) is 46.0 Å². The second-order valence-corrected chi connectivity index (χ2v) is 8.03. The van der Waals surface area contributed by atoms with E-state index < -0.39 is 5.97 Å². The van der Waals surface area contributed by atoms with Gasteiger partial charge in [0.15, 0.2) is 0 Å². The van der Waals surface area contributed by atoms with E-state index in [1.54, 1.807) is 0 Å². The van der Waals surface area contributed by atoms with E-state index >= 15 is 0 Å². The molecule has 0 amide bonds. The molecule has 1 aliphatic rings. The lowest BCUT2D eigenvalue weighted by Crippen LogP contribution is -2.05. The lowest BCUT2D eigenvalue weighted by molar-refractivity contribution is -0.136. The zero-order valence-electron chi connectivity index (χ0n) is 16.1. The van der Waals surface area contributed by atoms with Crippen LogP contribution in [-0.4, -0.2) is 17.7 Å². The van der Waals surface area contributed by atoms with E-state index in [-0.39, 0.29) is 6.42 Å². The van der Waals surface area contributed by atoms with Crippen LogP contribution in [0.2, 0.25) is 10.0 Å². The molecular weight excluding hydrogens is 395 g/mol. The summed E-state index contributed by atoms with van der Waals surface area (Å²) in [7, 11) is 0. The third-order valence-corrected chi connectivity index (χ3v) is 6.20. The third-order valence-electron chi connectivity index (χ3n) is 5.46. The number of aryl methyl sites for hydroxylation is 1. The Morgan fingerprint density at radius 1 is 1.07 bits per heavy atom. The van der Waals surface area contributed by atoms with Crippen molar-refractivity contribution < 1.29 is 14.6 Å². The molecule has 2 aromatic rings. The van der Waals surface area contributed by atoms with Crippen LogP contribution in [0.3, 0.4) is 0 Å². The Balaban J connectivity index is 1.76. The molecule has 2 aromatic carbocycles. The minimum atomic E-state index is -0.777. The zero-order valence-corrected chi connectivity index (χ0v) is 17.7. The predicted octanol–water partition coefficient (Wildman–Crippen LogP) is 6.64. The predicted molar refractivity (Wildman–Crippen MR) is 115 cm³/mol. The van der Waals surface area contributed by atoms with E-state index in [4.69, 9.17) is 33.0 Å². The first-order valence-electron chi connectivity index (χ1n) is 9.46. The molecule has 0 heterocycles. The highest BCUT2D eigenvalue weighted by Gasteiger charge is 2.18. The van der Waals surface area contributed by atoms with Crippen LogP contribution in [0.5, 0.6) is 5.75 Å². The quantitative estimate of drug-likeness (QED) is 0.547. The van der Waals surface area contributed by atoms with Gasteiger partial charge in [-0.25, -0.2) is 0 Å². The maximum Gasteiger partial charge on any atom is 0.303 e. The van der Waals surface area contributed by atoms with E-state index in [1.165, 1.54) is 11.1 Å². The van der Waals surface area contributed by atoms with Crippen molar-refractivity contribution in [1.82, 2.24) is 0 Å². The Bertz CT molecular complexity index is 932. The van der Waals surface area contributed by atoms with Crippen LogP contribution in [0.25, 0.3) is 5.57 Å². The zero-order chi connectivity index (χ0) is 20.3. The Labute approximate surface area is 175 Å². The molecule has 3 rings (SSSR count). The molecule has 0 aliphatic heterocycles. The van der Waals surface area contributed by atoms with E-state index in [0.717, 1.165) is 47.3 Å². The number of allylic oxidation sites excluding steroid dienone is 1. The lowest BCUT2D eigenvalue weighted by Gasteiger charge is -2.16. The summed E-state index contributed by atoms with van der Waals surface area (Å²) in [5.41, 5.74) is 6.93. The number of hydrogen-bond acceptors (Lipinski definition) is 2. The van der Waals surface area contributed by atoms with Crippen molar-refractivity contribution in [2.75, 3.05) is 6.61 Å². The van der Waals surface area contributed by atoms with Crippen LogP contribution in [0.4, 0.5) is 0 Å². The smallest absolute Gasteiger partial charge is 0.303 e. The summed E-state index contributed by atoms with van der Waals surface area (Å²) in [6.07, 6.45) is 3.82. The van der Waals surface area contributed by atoms with Gasteiger partial charge in [0, 0.05) is 6.42 Å². The molecule has 28 heavy (non-hydrogen) atoms. The molecule has 0 saturated carbocycles. The maximum absolute atomic E-state index is 10.8. The maximum atomic E-state index is 10.8. The van der Waals surface area contributed by atoms with Crippen LogP contribution in [-0.2, 0) is 11.2 Å². The summed E-state index contributed by atoms with van der Waals surface area (Å²) in [5, 5.41) is 10.0.